The summed E-state index contributed by atoms with van der Waals surface area (Å²) in [7, 11) is 1.48. The zero-order chi connectivity index (χ0) is 17.0. The number of carbonyl (C=O) groups is 2. The van der Waals surface area contributed by atoms with Gasteiger partial charge < -0.3 is 10.2 Å². The van der Waals surface area contributed by atoms with Crippen LogP contribution in [0.5, 0.6) is 0 Å². The molecule has 0 aliphatic carbocycles. The number of amides is 2. The van der Waals surface area contributed by atoms with Gasteiger partial charge in [-0.25, -0.2) is 4.68 Å². The van der Waals surface area contributed by atoms with E-state index in [1.807, 2.05) is 0 Å². The Morgan fingerprint density at radius 2 is 1.87 bits per heavy atom. The van der Waals surface area contributed by atoms with Gasteiger partial charge in [-0.05, 0) is 19.1 Å². The van der Waals surface area contributed by atoms with Crippen molar-refractivity contribution >= 4 is 22.6 Å². The van der Waals surface area contributed by atoms with Crippen LogP contribution in [0, 0.1) is 0 Å². The fourth-order valence-corrected chi connectivity index (χ4v) is 2.22. The molecule has 0 fully saturated rings. The van der Waals surface area contributed by atoms with Crippen molar-refractivity contribution in [3.63, 3.8) is 0 Å². The molecule has 1 heterocycles. The fraction of sp³-hybridized carbons (Fsp3) is 0.333. The van der Waals surface area contributed by atoms with Crippen LogP contribution >= 0.6 is 0 Å². The van der Waals surface area contributed by atoms with Crippen LogP contribution in [0.1, 0.15) is 6.92 Å². The van der Waals surface area contributed by atoms with E-state index in [0.29, 0.717) is 6.54 Å². The van der Waals surface area contributed by atoms with Crippen molar-refractivity contribution in [2.45, 2.75) is 13.5 Å². The Balaban J connectivity index is 2.33. The summed E-state index contributed by atoms with van der Waals surface area (Å²) < 4.78 is 0.972. The zero-order valence-corrected chi connectivity index (χ0v) is 13.0. The summed E-state index contributed by atoms with van der Waals surface area (Å²) in [5.41, 5.74) is -0.896. The average Bonchev–Trinajstić information content (AvgIpc) is 2.56. The van der Waals surface area contributed by atoms with Gasteiger partial charge in [0.05, 0.1) is 17.3 Å². The molecule has 0 aliphatic heterocycles. The van der Waals surface area contributed by atoms with Crippen molar-refractivity contribution in [2.24, 2.45) is 0 Å². The molecule has 0 radical (unpaired) electrons. The van der Waals surface area contributed by atoms with Crippen LogP contribution in [0.15, 0.2) is 33.9 Å². The smallest absolute Gasteiger partial charge is 0.273 e. The number of benzene rings is 1. The van der Waals surface area contributed by atoms with Crippen LogP contribution in [-0.2, 0) is 16.1 Å². The van der Waals surface area contributed by atoms with Gasteiger partial charge in [0.15, 0.2) is 0 Å². The molecule has 0 unspecified atom stereocenters. The topological polar surface area (TPSA) is 104 Å². The first-order valence-corrected chi connectivity index (χ1v) is 7.18. The maximum atomic E-state index is 12.3. The minimum absolute atomic E-state index is 0.0988. The molecule has 0 saturated heterocycles. The number of likely N-dealkylation sites (N-methyl/N-ethyl adjacent to an activating group) is 2. The first kappa shape index (κ1) is 16.5. The van der Waals surface area contributed by atoms with Gasteiger partial charge in [0.25, 0.3) is 11.1 Å². The second-order valence-electron chi connectivity index (χ2n) is 4.96. The summed E-state index contributed by atoms with van der Waals surface area (Å²) in [6.45, 7) is 1.62. The van der Waals surface area contributed by atoms with Gasteiger partial charge in [0.1, 0.15) is 6.54 Å². The molecule has 1 aromatic heterocycles. The highest BCUT2D eigenvalue weighted by molar-refractivity contribution is 5.85. The number of carbonyl (C=O) groups excluding carboxylic acids is 2. The second-order valence-corrected chi connectivity index (χ2v) is 4.96. The Labute approximate surface area is 131 Å². The third kappa shape index (κ3) is 3.47. The van der Waals surface area contributed by atoms with E-state index in [9.17, 15) is 19.2 Å². The lowest BCUT2D eigenvalue weighted by Crippen LogP contribution is -2.43. The molecule has 0 spiro atoms. The van der Waals surface area contributed by atoms with E-state index in [1.165, 1.54) is 18.0 Å². The van der Waals surface area contributed by atoms with E-state index in [2.05, 4.69) is 10.4 Å². The number of aromatic nitrogens is 2. The highest BCUT2D eigenvalue weighted by Crippen LogP contribution is 2.02. The molecule has 8 nitrogen and oxygen atoms in total. The van der Waals surface area contributed by atoms with Crippen molar-refractivity contribution in [2.75, 3.05) is 20.1 Å². The number of rotatable bonds is 5. The molecular weight excluding hydrogens is 300 g/mol. The van der Waals surface area contributed by atoms with E-state index in [1.54, 1.807) is 25.1 Å². The molecule has 2 amide bonds. The van der Waals surface area contributed by atoms with Gasteiger partial charge in [0, 0.05) is 13.6 Å². The molecule has 1 aromatic carbocycles. The fourth-order valence-electron chi connectivity index (χ4n) is 2.22. The third-order valence-electron chi connectivity index (χ3n) is 3.52. The van der Waals surface area contributed by atoms with Gasteiger partial charge in [-0.1, -0.05) is 12.1 Å². The number of aromatic amines is 1. The Morgan fingerprint density at radius 1 is 1.22 bits per heavy atom. The van der Waals surface area contributed by atoms with Crippen LogP contribution in [0.2, 0.25) is 0 Å². The maximum absolute atomic E-state index is 12.3. The predicted octanol–water partition coefficient (Wildman–Crippen LogP) is -0.716. The summed E-state index contributed by atoms with van der Waals surface area (Å²) in [6.07, 6.45) is 0. The lowest BCUT2D eigenvalue weighted by atomic mass is 10.2. The van der Waals surface area contributed by atoms with Crippen LogP contribution < -0.4 is 16.4 Å². The number of nitrogens with one attached hydrogen (secondary N) is 2. The number of H-pyrrole nitrogens is 1. The second kappa shape index (κ2) is 6.91. The van der Waals surface area contributed by atoms with Gasteiger partial charge in [-0.2, -0.15) is 0 Å². The molecule has 23 heavy (non-hydrogen) atoms. The minimum atomic E-state index is -0.454. The van der Waals surface area contributed by atoms with Crippen molar-refractivity contribution < 1.29 is 9.59 Å². The van der Waals surface area contributed by atoms with Crippen molar-refractivity contribution in [1.29, 1.82) is 0 Å². The standard InChI is InChI=1S/C15H18N4O4/c1-3-18(8-12(20)16-2)13(21)9-19-15(23)11-7-5-4-6-10(11)14(22)17-19/h4-7H,3,8-9H2,1-2H3,(H,16,20)(H,17,22). The van der Waals surface area contributed by atoms with Gasteiger partial charge in [-0.3, -0.25) is 24.3 Å². The molecule has 0 bridgehead atoms. The number of fused-ring (bicyclic) bond motifs is 1. The SMILES string of the molecule is CCN(CC(=O)NC)C(=O)Cn1[nH]c(=O)c2ccccc2c1=O. The minimum Gasteiger partial charge on any atom is -0.358 e. The lowest BCUT2D eigenvalue weighted by molar-refractivity contribution is -0.136. The first-order valence-electron chi connectivity index (χ1n) is 7.18. The summed E-state index contributed by atoms with van der Waals surface area (Å²) in [4.78, 5) is 49.3. The predicted molar refractivity (Wildman–Crippen MR) is 85.1 cm³/mol. The number of hydrogen-bond donors (Lipinski definition) is 2. The quantitative estimate of drug-likeness (QED) is 0.759. The van der Waals surface area contributed by atoms with E-state index in [-0.39, 0.29) is 29.8 Å². The normalized spacial score (nSPS) is 10.5. The van der Waals surface area contributed by atoms with Crippen LogP contribution in [0.25, 0.3) is 10.8 Å². The first-order chi connectivity index (χ1) is 11.0. The van der Waals surface area contributed by atoms with Crippen LogP contribution in [-0.4, -0.2) is 46.6 Å². The van der Waals surface area contributed by atoms with E-state index < -0.39 is 17.0 Å². The Hall–Kier alpha value is -2.90. The lowest BCUT2D eigenvalue weighted by Gasteiger charge is -2.20. The van der Waals surface area contributed by atoms with E-state index in [0.717, 1.165) is 4.68 Å². The van der Waals surface area contributed by atoms with Crippen LogP contribution in [0.4, 0.5) is 0 Å². The molecule has 0 atom stereocenters. The molecule has 122 valence electrons. The summed E-state index contributed by atoms with van der Waals surface area (Å²) in [5, 5.41) is 5.36. The Morgan fingerprint density at radius 3 is 2.48 bits per heavy atom. The Kier molecular flexibility index (Phi) is 4.95. The van der Waals surface area contributed by atoms with Gasteiger partial charge in [-0.15, -0.1) is 0 Å². The van der Waals surface area contributed by atoms with Gasteiger partial charge in [0.2, 0.25) is 11.8 Å². The number of hydrogen-bond acceptors (Lipinski definition) is 4. The molecular formula is C15H18N4O4. The molecule has 2 rings (SSSR count). The molecule has 0 saturated carbocycles. The van der Waals surface area contributed by atoms with E-state index in [4.69, 9.17) is 0 Å². The maximum Gasteiger partial charge on any atom is 0.273 e. The number of nitrogens with zero attached hydrogens (tertiary/aromatic N) is 2. The zero-order valence-electron chi connectivity index (χ0n) is 13.0. The molecule has 2 N–H and O–H groups in total. The van der Waals surface area contributed by atoms with Crippen molar-refractivity contribution in [3.05, 3.63) is 45.0 Å². The monoisotopic (exact) mass is 318 g/mol. The average molecular weight is 318 g/mol. The third-order valence-corrected chi connectivity index (χ3v) is 3.52. The Bertz CT molecular complexity index is 852. The van der Waals surface area contributed by atoms with E-state index >= 15 is 0 Å². The van der Waals surface area contributed by atoms with Crippen molar-refractivity contribution in [3.8, 4) is 0 Å². The van der Waals surface area contributed by atoms with Crippen molar-refractivity contribution in [1.82, 2.24) is 20.0 Å². The summed E-state index contributed by atoms with van der Waals surface area (Å²) in [6, 6.07) is 6.40. The highest BCUT2D eigenvalue weighted by atomic mass is 16.2. The molecule has 2 aromatic rings. The van der Waals surface area contributed by atoms with Crippen LogP contribution in [0.3, 0.4) is 0 Å². The largest absolute Gasteiger partial charge is 0.358 e. The molecule has 0 aliphatic rings. The summed E-state index contributed by atoms with van der Waals surface area (Å²) >= 11 is 0. The molecule has 8 heteroatoms. The highest BCUT2D eigenvalue weighted by Gasteiger charge is 2.17. The van der Waals surface area contributed by atoms with Gasteiger partial charge >= 0.3 is 0 Å². The summed E-state index contributed by atoms with van der Waals surface area (Å²) in [5.74, 6) is -0.733.